The molecule has 3 saturated heterocycles. The number of rotatable bonds is 24. The molecule has 2 unspecified atom stereocenters. The van der Waals surface area contributed by atoms with Crippen molar-refractivity contribution in [3.63, 3.8) is 0 Å². The number of ether oxygens (including phenoxy) is 9. The van der Waals surface area contributed by atoms with E-state index in [0.29, 0.717) is 82.8 Å². The van der Waals surface area contributed by atoms with Crippen LogP contribution in [0.4, 0.5) is 39.2 Å². The summed E-state index contributed by atoms with van der Waals surface area (Å²) in [6.07, 6.45) is 12.8. The first kappa shape index (κ1) is 75.5. The third kappa shape index (κ3) is 17.5. The number of amides is 7. The highest BCUT2D eigenvalue weighted by molar-refractivity contribution is 7.21. The number of carbonyl (C=O) groups excluding carboxylic acids is 9. The van der Waals surface area contributed by atoms with Gasteiger partial charge in [0.05, 0.1) is 76.2 Å². The fourth-order valence-corrected chi connectivity index (χ4v) is 15.1. The Hall–Kier alpha value is -11.2. The Morgan fingerprint density at radius 1 is 0.617 bits per heavy atom. The molecule has 0 aliphatic carbocycles. The molecule has 562 valence electrons. The lowest BCUT2D eigenvalue weighted by Gasteiger charge is -2.42. The number of anilines is 5. The van der Waals surface area contributed by atoms with Crippen LogP contribution in [0.5, 0.6) is 23.0 Å². The second-order valence-corrected chi connectivity index (χ2v) is 27.9. The summed E-state index contributed by atoms with van der Waals surface area (Å²) in [6.45, 7) is 5.66. The van der Waals surface area contributed by atoms with Crippen LogP contribution in [0.3, 0.4) is 0 Å². The molecule has 0 saturated carbocycles. The number of hydrogen-bond acceptors (Lipinski definition) is 23. The number of fused-ring (bicyclic) bond motifs is 6. The van der Waals surface area contributed by atoms with Gasteiger partial charge in [0.15, 0.2) is 47.2 Å². The SMILES string of the molecule is C=CCOC(=O)N1c2cc(OCCCC(=O)Nc3cn(C)c(C(=O)Nc4ccc5sc(C(=O)OC)cc5c4)n3)c(OC)cc2C(=O)N2CCCC[C@H]2C1OC1CCCCO1.COC(=O)c1cc2cc(NC(=O)c3nc(NC(=O)CCCOc4cc5c(cc4OC)C(=O)N4CCCC[C@H]4C=N5)cn3C)ccc2s1. The monoisotopic (exact) mass is 1500 g/mol. The number of esters is 2. The minimum atomic E-state index is -0.905. The minimum absolute atomic E-state index is 0.00680. The number of piperidine rings is 2. The molecule has 4 N–H and O–H groups in total. The zero-order valence-electron chi connectivity index (χ0n) is 59.9. The van der Waals surface area contributed by atoms with Crippen LogP contribution in [0.25, 0.3) is 20.2 Å². The van der Waals surface area contributed by atoms with E-state index in [1.807, 2.05) is 17.2 Å². The van der Waals surface area contributed by atoms with Gasteiger partial charge in [-0.15, -0.1) is 22.7 Å². The maximum absolute atomic E-state index is 14.2. The molecular formula is C75H82N12O18S2. The molecule has 13 rings (SSSR count). The summed E-state index contributed by atoms with van der Waals surface area (Å²) in [6, 6.07) is 20.1. The van der Waals surface area contributed by atoms with Crippen molar-refractivity contribution in [3.05, 3.63) is 130 Å². The van der Waals surface area contributed by atoms with Gasteiger partial charge >= 0.3 is 18.0 Å². The highest BCUT2D eigenvalue weighted by Crippen LogP contribution is 2.44. The summed E-state index contributed by atoms with van der Waals surface area (Å²) >= 11 is 2.60. The van der Waals surface area contributed by atoms with E-state index in [9.17, 15) is 43.2 Å². The van der Waals surface area contributed by atoms with E-state index in [4.69, 9.17) is 42.6 Å². The Kier molecular flexibility index (Phi) is 24.2. The van der Waals surface area contributed by atoms with Gasteiger partial charge in [-0.2, -0.15) is 0 Å². The molecule has 30 nitrogen and oxygen atoms in total. The zero-order chi connectivity index (χ0) is 75.4. The third-order valence-corrected chi connectivity index (χ3v) is 20.6. The molecule has 4 aromatic carbocycles. The van der Waals surface area contributed by atoms with Crippen molar-refractivity contribution in [3.8, 4) is 23.0 Å². The quantitative estimate of drug-likeness (QED) is 0.0189. The first-order chi connectivity index (χ1) is 51.8. The normalized spacial score (nSPS) is 17.3. The van der Waals surface area contributed by atoms with E-state index >= 15 is 0 Å². The van der Waals surface area contributed by atoms with Gasteiger partial charge in [-0.05, 0) is 142 Å². The van der Waals surface area contributed by atoms with Crippen molar-refractivity contribution >= 4 is 137 Å². The van der Waals surface area contributed by atoms with Crippen molar-refractivity contribution in [1.29, 1.82) is 0 Å². The third-order valence-electron chi connectivity index (χ3n) is 18.5. The lowest BCUT2D eigenvalue weighted by molar-refractivity contribution is -0.198. The number of aryl methyl sites for hydroxylation is 2. The molecule has 5 aliphatic rings. The predicted octanol–water partition coefficient (Wildman–Crippen LogP) is 11.7. The maximum atomic E-state index is 14.2. The largest absolute Gasteiger partial charge is 0.493 e. The summed E-state index contributed by atoms with van der Waals surface area (Å²) in [5, 5.41) is 12.7. The number of imidazole rings is 2. The van der Waals surface area contributed by atoms with Crippen LogP contribution in [0.1, 0.15) is 145 Å². The van der Waals surface area contributed by atoms with Crippen LogP contribution in [0.15, 0.2) is 103 Å². The predicted molar refractivity (Wildman–Crippen MR) is 399 cm³/mol. The first-order valence-electron chi connectivity index (χ1n) is 35.0. The van der Waals surface area contributed by atoms with Gasteiger partial charge in [0.1, 0.15) is 16.4 Å². The second kappa shape index (κ2) is 34.3. The Morgan fingerprint density at radius 3 is 1.71 bits per heavy atom. The highest BCUT2D eigenvalue weighted by Gasteiger charge is 2.47. The van der Waals surface area contributed by atoms with Gasteiger partial charge in [-0.1, -0.05) is 12.7 Å². The zero-order valence-corrected chi connectivity index (χ0v) is 61.6. The summed E-state index contributed by atoms with van der Waals surface area (Å²) in [7, 11) is 8.93. The lowest BCUT2D eigenvalue weighted by Crippen LogP contribution is -2.57. The molecular weight excluding hydrogens is 1420 g/mol. The van der Waals surface area contributed by atoms with Crippen LogP contribution >= 0.6 is 22.7 Å². The Morgan fingerprint density at radius 2 is 1.16 bits per heavy atom. The maximum Gasteiger partial charge on any atom is 0.416 e. The molecule has 32 heteroatoms. The molecule has 0 spiro atoms. The molecule has 5 aliphatic heterocycles. The number of carbonyl (C=O) groups is 9. The van der Waals surface area contributed by atoms with Crippen molar-refractivity contribution in [1.82, 2.24) is 28.9 Å². The average Bonchev–Trinajstić information content (AvgIpc) is 1.63. The van der Waals surface area contributed by atoms with Gasteiger partial charge in [0, 0.05) is 98.1 Å². The molecule has 9 heterocycles. The molecule has 4 atom stereocenters. The number of hydrogen-bond donors (Lipinski definition) is 4. The molecule has 0 bridgehead atoms. The van der Waals surface area contributed by atoms with Crippen LogP contribution in [-0.4, -0.2) is 181 Å². The average molecular weight is 1500 g/mol. The molecule has 107 heavy (non-hydrogen) atoms. The minimum Gasteiger partial charge on any atom is -0.493 e. The Labute approximate surface area is 623 Å². The van der Waals surface area contributed by atoms with E-state index in [1.54, 1.807) is 91.9 Å². The second-order valence-electron chi connectivity index (χ2n) is 25.7. The smallest absolute Gasteiger partial charge is 0.416 e. The van der Waals surface area contributed by atoms with Crippen molar-refractivity contribution < 1.29 is 85.8 Å². The van der Waals surface area contributed by atoms with Gasteiger partial charge in [0.2, 0.25) is 23.5 Å². The number of benzene rings is 4. The Balaban J connectivity index is 0.000000206. The summed E-state index contributed by atoms with van der Waals surface area (Å²) in [5.74, 6) is -0.765. The van der Waals surface area contributed by atoms with Crippen molar-refractivity contribution in [2.45, 2.75) is 108 Å². The van der Waals surface area contributed by atoms with Crippen LogP contribution in [0, 0.1) is 0 Å². The van der Waals surface area contributed by atoms with E-state index in [1.165, 1.54) is 77.4 Å². The number of nitrogens with zero attached hydrogens (tertiary/aromatic N) is 8. The fourth-order valence-electron chi connectivity index (χ4n) is 13.2. The first-order valence-corrected chi connectivity index (χ1v) is 36.7. The van der Waals surface area contributed by atoms with E-state index in [-0.39, 0.29) is 115 Å². The van der Waals surface area contributed by atoms with Crippen LogP contribution in [-0.2, 0) is 47.4 Å². The summed E-state index contributed by atoms with van der Waals surface area (Å²) < 4.78 is 55.7. The van der Waals surface area contributed by atoms with Gasteiger partial charge in [-0.3, -0.25) is 33.8 Å². The van der Waals surface area contributed by atoms with Crippen LogP contribution in [0.2, 0.25) is 0 Å². The summed E-state index contributed by atoms with van der Waals surface area (Å²) in [4.78, 5) is 136. The van der Waals surface area contributed by atoms with Crippen LogP contribution < -0.4 is 45.1 Å². The number of nitrogens with one attached hydrogen (secondary N) is 4. The topological polar surface area (TPSA) is 343 Å². The summed E-state index contributed by atoms with van der Waals surface area (Å²) in [5.41, 5.74) is 2.53. The standard InChI is InChI=1S/C42H48N6O11S.C33H34N6O7S/c1-5-17-58-42(53)48-29-23-31(30(54-3)22-27(29)39(51)47-16-8-6-11-28(47)40(48)59-36-13-7-9-18-57-36)56-19-10-12-35(49)44-34-24-46(2)37(45-34)38(50)43-26-14-15-32-25(20-26)21-33(60-32)41(52)55-4;1-38-18-28(37-30(38)31(41)35-20-9-10-26-19(13-20)14-27(47-26)33(43)45-3)36-29(40)8-6-12-46-25-16-23-22(15-24(25)44-2)32(42)39-11-5-4-7-21(39)17-34-23/h5,14-15,20-24,28,36,40H,1,6-13,16-19H2,2-4H3,(H,43,50)(H,44,49);9-10,13-18,21H,4-8,11-12H2,1-3H3,(H,35,41)(H,36,40)/t28-,36?,40?;21-/m00/s1. The van der Waals surface area contributed by atoms with E-state index in [2.05, 4.69) is 42.8 Å². The lowest BCUT2D eigenvalue weighted by atomic mass is 10.00. The molecule has 7 amide bonds. The molecule has 8 aromatic rings. The van der Waals surface area contributed by atoms with E-state index < -0.39 is 48.4 Å². The number of aromatic nitrogens is 4. The van der Waals surface area contributed by atoms with Gasteiger partial charge in [-0.25, -0.2) is 29.3 Å². The fraction of sp³-hybridized carbons (Fsp3) is 0.387. The number of thiophene rings is 2. The van der Waals surface area contributed by atoms with Gasteiger partial charge < -0.3 is 82.8 Å². The highest BCUT2D eigenvalue weighted by atomic mass is 32.1. The van der Waals surface area contributed by atoms with Crippen molar-refractivity contribution in [2.24, 2.45) is 19.1 Å². The van der Waals surface area contributed by atoms with Crippen molar-refractivity contribution in [2.75, 3.05) is 94.1 Å². The molecule has 0 radical (unpaired) electrons. The van der Waals surface area contributed by atoms with E-state index in [0.717, 1.165) is 65.1 Å². The molecule has 4 aromatic heterocycles. The number of aliphatic imine (C=N–C) groups is 1. The number of methoxy groups -OCH3 is 4. The molecule has 3 fully saturated rings. The Bertz CT molecular complexity index is 4750. The van der Waals surface area contributed by atoms with Gasteiger partial charge in [0.25, 0.3) is 23.6 Å².